The van der Waals surface area contributed by atoms with Gasteiger partial charge in [-0.1, -0.05) is 23.9 Å². The first-order chi connectivity index (χ1) is 11.7. The predicted octanol–water partition coefficient (Wildman–Crippen LogP) is 2.21. The van der Waals surface area contributed by atoms with Crippen molar-refractivity contribution in [2.24, 2.45) is 11.1 Å². The third-order valence-electron chi connectivity index (χ3n) is 3.96. The molecule has 7 heteroatoms. The molecule has 0 saturated carbocycles. The van der Waals surface area contributed by atoms with Crippen LogP contribution in [0.15, 0.2) is 35.7 Å². The Bertz CT molecular complexity index is 783. The topological polar surface area (TPSA) is 90.0 Å². The van der Waals surface area contributed by atoms with Crippen LogP contribution in [0, 0.1) is 19.3 Å². The summed E-state index contributed by atoms with van der Waals surface area (Å²) in [6, 6.07) is 6.23. The van der Waals surface area contributed by atoms with Crippen LogP contribution in [0.4, 0.5) is 0 Å². The van der Waals surface area contributed by atoms with Gasteiger partial charge < -0.3 is 11.1 Å². The molecule has 2 aromatic rings. The average Bonchev–Trinajstić information content (AvgIpc) is 3.01. The Kier molecular flexibility index (Phi) is 5.89. The molecule has 2 amide bonds. The van der Waals surface area contributed by atoms with Gasteiger partial charge in [0.15, 0.2) is 5.16 Å². The Morgan fingerprint density at radius 1 is 1.32 bits per heavy atom. The summed E-state index contributed by atoms with van der Waals surface area (Å²) in [7, 11) is 0. The molecule has 0 aliphatic rings. The molecular weight excluding hydrogens is 336 g/mol. The van der Waals surface area contributed by atoms with Gasteiger partial charge in [0.1, 0.15) is 0 Å². The van der Waals surface area contributed by atoms with Crippen molar-refractivity contribution < 1.29 is 9.59 Å². The van der Waals surface area contributed by atoms with Crippen LogP contribution >= 0.6 is 11.8 Å². The number of carbonyl (C=O) groups is 2. The van der Waals surface area contributed by atoms with E-state index in [4.69, 9.17) is 5.73 Å². The van der Waals surface area contributed by atoms with Crippen LogP contribution in [0.1, 0.15) is 25.0 Å². The number of thioether (sulfide) groups is 1. The van der Waals surface area contributed by atoms with E-state index < -0.39 is 11.3 Å². The number of carbonyl (C=O) groups excluding carboxylic acids is 2. The van der Waals surface area contributed by atoms with Crippen molar-refractivity contribution in [2.45, 2.75) is 32.9 Å². The lowest BCUT2D eigenvalue weighted by Crippen LogP contribution is -2.42. The first-order valence-corrected chi connectivity index (χ1v) is 8.99. The maximum Gasteiger partial charge on any atom is 0.230 e. The normalized spacial score (nSPS) is 11.4. The maximum atomic E-state index is 12.1. The molecule has 0 bridgehead atoms. The van der Waals surface area contributed by atoms with Crippen molar-refractivity contribution in [1.29, 1.82) is 0 Å². The lowest BCUT2D eigenvalue weighted by atomic mass is 9.93. The molecule has 6 nitrogen and oxygen atoms in total. The number of aromatic nitrogens is 2. The molecular formula is C18H24N4O2S. The van der Waals surface area contributed by atoms with Gasteiger partial charge in [0.05, 0.1) is 16.9 Å². The summed E-state index contributed by atoms with van der Waals surface area (Å²) in [5.41, 5.74) is 7.89. The number of imidazole rings is 1. The van der Waals surface area contributed by atoms with Crippen molar-refractivity contribution in [2.75, 3.05) is 12.3 Å². The molecule has 0 fully saturated rings. The fourth-order valence-corrected chi connectivity index (χ4v) is 2.94. The Morgan fingerprint density at radius 2 is 2.04 bits per heavy atom. The van der Waals surface area contributed by atoms with Crippen molar-refractivity contribution >= 4 is 23.6 Å². The molecule has 134 valence electrons. The SMILES string of the molecule is Cc1ccc(C)c(-n2ccnc2SCC(=O)NCC(C)(C)C(N)=O)c1. The van der Waals surface area contributed by atoms with E-state index in [9.17, 15) is 9.59 Å². The fraction of sp³-hybridized carbons (Fsp3) is 0.389. The molecule has 2 rings (SSSR count). The summed E-state index contributed by atoms with van der Waals surface area (Å²) in [6.45, 7) is 7.71. The van der Waals surface area contributed by atoms with Gasteiger partial charge in [0, 0.05) is 18.9 Å². The van der Waals surface area contributed by atoms with E-state index in [1.54, 1.807) is 20.0 Å². The van der Waals surface area contributed by atoms with E-state index in [1.165, 1.54) is 11.8 Å². The smallest absolute Gasteiger partial charge is 0.230 e. The van der Waals surface area contributed by atoms with Crippen LogP contribution < -0.4 is 11.1 Å². The largest absolute Gasteiger partial charge is 0.369 e. The molecule has 0 unspecified atom stereocenters. The predicted molar refractivity (Wildman–Crippen MR) is 99.7 cm³/mol. The summed E-state index contributed by atoms with van der Waals surface area (Å²) in [6.07, 6.45) is 3.61. The number of aryl methyl sites for hydroxylation is 2. The van der Waals surface area contributed by atoms with E-state index in [1.807, 2.05) is 24.6 Å². The molecule has 1 heterocycles. The molecule has 0 aliphatic heterocycles. The lowest BCUT2D eigenvalue weighted by molar-refractivity contribution is -0.126. The van der Waals surface area contributed by atoms with Gasteiger partial charge in [-0.15, -0.1) is 0 Å². The number of rotatable bonds is 7. The zero-order chi connectivity index (χ0) is 18.6. The van der Waals surface area contributed by atoms with Crippen LogP contribution in [0.3, 0.4) is 0 Å². The monoisotopic (exact) mass is 360 g/mol. The first kappa shape index (κ1) is 19.1. The highest BCUT2D eigenvalue weighted by Gasteiger charge is 2.25. The molecule has 0 radical (unpaired) electrons. The summed E-state index contributed by atoms with van der Waals surface area (Å²) in [5.74, 6) is -0.378. The Labute approximate surface area is 152 Å². The van der Waals surface area contributed by atoms with Crippen molar-refractivity contribution in [3.05, 3.63) is 41.7 Å². The van der Waals surface area contributed by atoms with Crippen LogP contribution in [-0.4, -0.2) is 33.7 Å². The zero-order valence-corrected chi connectivity index (χ0v) is 15.8. The number of nitrogens with two attached hydrogens (primary N) is 1. The Hall–Kier alpha value is -2.28. The van der Waals surface area contributed by atoms with E-state index in [0.717, 1.165) is 22.0 Å². The van der Waals surface area contributed by atoms with Crippen molar-refractivity contribution in [3.8, 4) is 5.69 Å². The van der Waals surface area contributed by atoms with Crippen LogP contribution in [0.5, 0.6) is 0 Å². The summed E-state index contributed by atoms with van der Waals surface area (Å²) in [4.78, 5) is 27.7. The van der Waals surface area contributed by atoms with Crippen LogP contribution in [0.25, 0.3) is 5.69 Å². The minimum atomic E-state index is -0.766. The third kappa shape index (κ3) is 4.85. The Balaban J connectivity index is 2.01. The number of amides is 2. The fourth-order valence-electron chi connectivity index (χ4n) is 2.15. The minimum Gasteiger partial charge on any atom is -0.369 e. The summed E-state index contributed by atoms with van der Waals surface area (Å²) in [5, 5.41) is 3.50. The number of benzene rings is 1. The van der Waals surface area contributed by atoms with Gasteiger partial charge in [-0.25, -0.2) is 4.98 Å². The van der Waals surface area contributed by atoms with Gasteiger partial charge in [0.2, 0.25) is 11.8 Å². The second-order valence-corrected chi connectivity index (χ2v) is 7.63. The minimum absolute atomic E-state index is 0.158. The molecule has 1 aromatic carbocycles. The maximum absolute atomic E-state index is 12.1. The molecule has 1 aromatic heterocycles. The van der Waals surface area contributed by atoms with Gasteiger partial charge in [-0.05, 0) is 44.9 Å². The summed E-state index contributed by atoms with van der Waals surface area (Å²) < 4.78 is 1.98. The molecule has 3 N–H and O–H groups in total. The van der Waals surface area contributed by atoms with E-state index >= 15 is 0 Å². The van der Waals surface area contributed by atoms with E-state index in [-0.39, 0.29) is 18.2 Å². The van der Waals surface area contributed by atoms with Gasteiger partial charge in [0.25, 0.3) is 0 Å². The average molecular weight is 360 g/mol. The number of hydrogen-bond donors (Lipinski definition) is 2. The highest BCUT2D eigenvalue weighted by Crippen LogP contribution is 2.23. The summed E-state index contributed by atoms with van der Waals surface area (Å²) >= 11 is 1.35. The number of primary amides is 1. The Morgan fingerprint density at radius 3 is 2.72 bits per heavy atom. The second-order valence-electron chi connectivity index (χ2n) is 6.68. The van der Waals surface area contributed by atoms with Crippen molar-refractivity contribution in [1.82, 2.24) is 14.9 Å². The number of nitrogens with one attached hydrogen (secondary N) is 1. The molecule has 0 spiro atoms. The lowest BCUT2D eigenvalue weighted by Gasteiger charge is -2.20. The van der Waals surface area contributed by atoms with Gasteiger partial charge in [-0.3, -0.25) is 14.2 Å². The zero-order valence-electron chi connectivity index (χ0n) is 15.0. The quantitative estimate of drug-likeness (QED) is 0.741. The van der Waals surface area contributed by atoms with Gasteiger partial charge in [-0.2, -0.15) is 0 Å². The van der Waals surface area contributed by atoms with Crippen LogP contribution in [0.2, 0.25) is 0 Å². The molecule has 0 aliphatic carbocycles. The van der Waals surface area contributed by atoms with E-state index in [2.05, 4.69) is 28.5 Å². The molecule has 25 heavy (non-hydrogen) atoms. The third-order valence-corrected chi connectivity index (χ3v) is 4.92. The van der Waals surface area contributed by atoms with Crippen molar-refractivity contribution in [3.63, 3.8) is 0 Å². The highest BCUT2D eigenvalue weighted by atomic mass is 32.2. The van der Waals surface area contributed by atoms with Crippen LogP contribution in [-0.2, 0) is 9.59 Å². The molecule has 0 saturated heterocycles. The highest BCUT2D eigenvalue weighted by molar-refractivity contribution is 7.99. The number of hydrogen-bond acceptors (Lipinski definition) is 4. The second kappa shape index (κ2) is 7.74. The first-order valence-electron chi connectivity index (χ1n) is 8.01. The standard InChI is InChI=1S/C18H24N4O2S/c1-12-5-6-13(2)14(9-12)22-8-7-20-17(22)25-10-15(23)21-11-18(3,4)16(19)24/h5-9H,10-11H2,1-4H3,(H2,19,24)(H,21,23). The number of nitrogens with zero attached hydrogens (tertiary/aromatic N) is 2. The van der Waals surface area contributed by atoms with Gasteiger partial charge >= 0.3 is 0 Å². The van der Waals surface area contributed by atoms with E-state index in [0.29, 0.717) is 0 Å². The molecule has 0 atom stereocenters.